The normalized spacial score (nSPS) is 12.6. The molecule has 2 aromatic heterocycles. The fourth-order valence-corrected chi connectivity index (χ4v) is 1.77. The van der Waals surface area contributed by atoms with Crippen molar-refractivity contribution in [3.05, 3.63) is 30.2 Å². The minimum Gasteiger partial charge on any atom is -0.367 e. The molecule has 0 bridgehead atoms. The van der Waals surface area contributed by atoms with Crippen LogP contribution >= 0.6 is 0 Å². The van der Waals surface area contributed by atoms with Crippen LogP contribution in [0.4, 0.5) is 5.88 Å². The lowest BCUT2D eigenvalue weighted by molar-refractivity contribution is 0.418. The molecule has 17 heavy (non-hydrogen) atoms. The zero-order valence-electron chi connectivity index (χ0n) is 10.2. The van der Waals surface area contributed by atoms with E-state index in [1.165, 1.54) is 0 Å². The molecular weight excluding hydrogens is 214 g/mol. The van der Waals surface area contributed by atoms with Gasteiger partial charge in [0.15, 0.2) is 0 Å². The molecule has 0 aromatic carbocycles. The van der Waals surface area contributed by atoms with Crippen molar-refractivity contribution in [1.29, 1.82) is 0 Å². The van der Waals surface area contributed by atoms with Crippen LogP contribution in [0.3, 0.4) is 0 Å². The molecule has 0 amide bonds. The zero-order valence-corrected chi connectivity index (χ0v) is 10.2. The minimum absolute atomic E-state index is 0.372. The van der Waals surface area contributed by atoms with Crippen LogP contribution in [0.15, 0.2) is 29.0 Å². The number of hydrogen-bond donors (Lipinski definition) is 1. The second-order valence-corrected chi connectivity index (χ2v) is 4.33. The molecule has 1 unspecified atom stereocenters. The molecule has 0 radical (unpaired) electrons. The van der Waals surface area contributed by atoms with E-state index >= 15 is 0 Å². The molecule has 4 nitrogen and oxygen atoms in total. The van der Waals surface area contributed by atoms with Gasteiger partial charge >= 0.3 is 0 Å². The van der Waals surface area contributed by atoms with Crippen LogP contribution in [0.25, 0.3) is 11.1 Å². The lowest BCUT2D eigenvalue weighted by Crippen LogP contribution is -2.00. The Hall–Kier alpha value is -1.84. The van der Waals surface area contributed by atoms with Crippen LogP contribution in [-0.4, -0.2) is 10.1 Å². The Balaban J connectivity index is 2.36. The van der Waals surface area contributed by atoms with Crippen LogP contribution in [-0.2, 0) is 6.42 Å². The summed E-state index contributed by atoms with van der Waals surface area (Å²) in [7, 11) is 0. The maximum absolute atomic E-state index is 5.83. The summed E-state index contributed by atoms with van der Waals surface area (Å²) in [5.41, 5.74) is 8.60. The molecule has 2 rings (SSSR count). The molecule has 0 spiro atoms. The molecule has 1 atom stereocenters. The second-order valence-electron chi connectivity index (χ2n) is 4.33. The van der Waals surface area contributed by atoms with Crippen molar-refractivity contribution < 1.29 is 4.52 Å². The highest BCUT2D eigenvalue weighted by molar-refractivity contribution is 5.74. The first-order valence-electron chi connectivity index (χ1n) is 5.86. The zero-order chi connectivity index (χ0) is 12.3. The summed E-state index contributed by atoms with van der Waals surface area (Å²) in [6.07, 6.45) is 5.51. The van der Waals surface area contributed by atoms with Gasteiger partial charge in [-0.2, -0.15) is 0 Å². The SMILES string of the molecule is CCC(C)Cc1noc(N)c1-c1cccnc1. The molecule has 4 heteroatoms. The van der Waals surface area contributed by atoms with Crippen LogP contribution < -0.4 is 5.73 Å². The monoisotopic (exact) mass is 231 g/mol. The molecule has 2 heterocycles. The van der Waals surface area contributed by atoms with Crippen LogP contribution in [0.1, 0.15) is 26.0 Å². The number of nitrogens with two attached hydrogens (primary N) is 1. The number of aromatic nitrogens is 2. The first-order valence-corrected chi connectivity index (χ1v) is 5.86. The molecular formula is C13H17N3O. The molecule has 2 aromatic rings. The van der Waals surface area contributed by atoms with E-state index in [4.69, 9.17) is 10.3 Å². The average molecular weight is 231 g/mol. The Bertz CT molecular complexity index is 479. The number of anilines is 1. The molecule has 0 saturated heterocycles. The van der Waals surface area contributed by atoms with Crippen molar-refractivity contribution in [2.24, 2.45) is 5.92 Å². The van der Waals surface area contributed by atoms with E-state index in [0.717, 1.165) is 29.7 Å². The summed E-state index contributed by atoms with van der Waals surface area (Å²) in [5.74, 6) is 0.936. The highest BCUT2D eigenvalue weighted by Crippen LogP contribution is 2.30. The maximum Gasteiger partial charge on any atom is 0.230 e. The Labute approximate surface area is 101 Å². The molecule has 2 N–H and O–H groups in total. The quantitative estimate of drug-likeness (QED) is 0.878. The Kier molecular flexibility index (Phi) is 3.42. The Morgan fingerprint density at radius 1 is 1.47 bits per heavy atom. The number of hydrogen-bond acceptors (Lipinski definition) is 4. The fourth-order valence-electron chi connectivity index (χ4n) is 1.77. The highest BCUT2D eigenvalue weighted by Gasteiger charge is 2.17. The van der Waals surface area contributed by atoms with Gasteiger partial charge in [-0.25, -0.2) is 0 Å². The van der Waals surface area contributed by atoms with Crippen molar-refractivity contribution in [3.8, 4) is 11.1 Å². The maximum atomic E-state index is 5.83. The van der Waals surface area contributed by atoms with Crippen molar-refractivity contribution in [2.75, 3.05) is 5.73 Å². The molecule has 0 aliphatic heterocycles. The molecule has 0 aliphatic carbocycles. The summed E-state index contributed by atoms with van der Waals surface area (Å²) in [5, 5.41) is 4.05. The summed E-state index contributed by atoms with van der Waals surface area (Å²) in [6, 6.07) is 3.85. The van der Waals surface area contributed by atoms with Gasteiger partial charge in [0, 0.05) is 18.0 Å². The first kappa shape index (κ1) is 11.6. The van der Waals surface area contributed by atoms with Gasteiger partial charge < -0.3 is 10.3 Å². The van der Waals surface area contributed by atoms with Gasteiger partial charge in [0.1, 0.15) is 0 Å². The van der Waals surface area contributed by atoms with Gasteiger partial charge in [0.25, 0.3) is 0 Å². The third-order valence-electron chi connectivity index (χ3n) is 2.98. The number of nitrogens with zero attached hydrogens (tertiary/aromatic N) is 2. The van der Waals surface area contributed by atoms with Crippen LogP contribution in [0.5, 0.6) is 0 Å². The average Bonchev–Trinajstić information content (AvgIpc) is 2.71. The smallest absolute Gasteiger partial charge is 0.230 e. The largest absolute Gasteiger partial charge is 0.367 e. The third-order valence-corrected chi connectivity index (χ3v) is 2.98. The van der Waals surface area contributed by atoms with Gasteiger partial charge in [0.05, 0.1) is 11.3 Å². The lowest BCUT2D eigenvalue weighted by Gasteiger charge is -2.07. The van der Waals surface area contributed by atoms with Gasteiger partial charge in [-0.1, -0.05) is 31.5 Å². The fraction of sp³-hybridized carbons (Fsp3) is 0.385. The number of nitrogen functional groups attached to an aromatic ring is 1. The van der Waals surface area contributed by atoms with Crippen molar-refractivity contribution in [3.63, 3.8) is 0 Å². The van der Waals surface area contributed by atoms with Gasteiger partial charge in [-0.3, -0.25) is 4.98 Å². The van der Waals surface area contributed by atoms with E-state index in [2.05, 4.69) is 24.0 Å². The van der Waals surface area contributed by atoms with E-state index < -0.39 is 0 Å². The highest BCUT2D eigenvalue weighted by atomic mass is 16.5. The number of rotatable bonds is 4. The third kappa shape index (κ3) is 2.46. The summed E-state index contributed by atoms with van der Waals surface area (Å²) < 4.78 is 5.10. The lowest BCUT2D eigenvalue weighted by atomic mass is 9.98. The summed E-state index contributed by atoms with van der Waals surface area (Å²) in [4.78, 5) is 4.10. The van der Waals surface area contributed by atoms with Gasteiger partial charge in [-0.05, 0) is 18.4 Å². The van der Waals surface area contributed by atoms with Crippen molar-refractivity contribution in [2.45, 2.75) is 26.7 Å². The van der Waals surface area contributed by atoms with E-state index in [1.54, 1.807) is 12.4 Å². The van der Waals surface area contributed by atoms with E-state index in [1.807, 2.05) is 12.1 Å². The summed E-state index contributed by atoms with van der Waals surface area (Å²) in [6.45, 7) is 4.36. The molecule has 0 fully saturated rings. The Morgan fingerprint density at radius 3 is 2.94 bits per heavy atom. The van der Waals surface area contributed by atoms with Crippen LogP contribution in [0.2, 0.25) is 0 Å². The predicted molar refractivity (Wildman–Crippen MR) is 67.3 cm³/mol. The molecule has 0 saturated carbocycles. The Morgan fingerprint density at radius 2 is 2.29 bits per heavy atom. The standard InChI is InChI=1S/C13H17N3O/c1-3-9(2)7-11-12(13(14)17-16-11)10-5-4-6-15-8-10/h4-6,8-9H,3,7,14H2,1-2H3. The topological polar surface area (TPSA) is 64.9 Å². The van der Waals surface area contributed by atoms with Gasteiger partial charge in [0.2, 0.25) is 5.88 Å². The predicted octanol–water partition coefficient (Wildman–Crippen LogP) is 2.91. The molecule has 90 valence electrons. The van der Waals surface area contributed by atoms with Gasteiger partial charge in [-0.15, -0.1) is 0 Å². The van der Waals surface area contributed by atoms with Crippen LogP contribution in [0, 0.1) is 5.92 Å². The first-order chi connectivity index (χ1) is 8.22. The second kappa shape index (κ2) is 4.99. The van der Waals surface area contributed by atoms with Crippen molar-refractivity contribution in [1.82, 2.24) is 10.1 Å². The summed E-state index contributed by atoms with van der Waals surface area (Å²) >= 11 is 0. The minimum atomic E-state index is 0.372. The van der Waals surface area contributed by atoms with Crippen molar-refractivity contribution >= 4 is 5.88 Å². The number of pyridine rings is 1. The molecule has 0 aliphatic rings. The van der Waals surface area contributed by atoms with E-state index in [-0.39, 0.29) is 0 Å². The van der Waals surface area contributed by atoms with E-state index in [9.17, 15) is 0 Å². The van der Waals surface area contributed by atoms with E-state index in [0.29, 0.717) is 11.8 Å².